The van der Waals surface area contributed by atoms with Crippen molar-refractivity contribution in [2.45, 2.75) is 13.0 Å². The molecule has 1 aliphatic rings. The fourth-order valence-electron chi connectivity index (χ4n) is 2.28. The molecule has 1 aromatic carbocycles. The van der Waals surface area contributed by atoms with Gasteiger partial charge in [0.1, 0.15) is 0 Å². The zero-order valence-electron chi connectivity index (χ0n) is 9.78. The maximum atomic E-state index is 11.0. The number of amides is 1. The third-order valence-corrected chi connectivity index (χ3v) is 3.28. The van der Waals surface area contributed by atoms with Crippen LogP contribution >= 0.6 is 0 Å². The summed E-state index contributed by atoms with van der Waals surface area (Å²) in [6.07, 6.45) is 5.27. The summed E-state index contributed by atoms with van der Waals surface area (Å²) in [5, 5.41) is 9.03. The predicted octanol–water partition coefficient (Wildman–Crippen LogP) is 1.91. The lowest BCUT2D eigenvalue weighted by Gasteiger charge is -2.26. The van der Waals surface area contributed by atoms with Crippen molar-refractivity contribution in [2.75, 3.05) is 6.54 Å². The Morgan fingerprint density at radius 1 is 1.33 bits per heavy atom. The predicted molar refractivity (Wildman–Crippen MR) is 65.7 cm³/mol. The molecule has 0 aliphatic carbocycles. The molecule has 0 saturated carbocycles. The molecule has 5 heteroatoms. The molecule has 0 radical (unpaired) electrons. The van der Waals surface area contributed by atoms with E-state index < -0.39 is 6.09 Å². The summed E-state index contributed by atoms with van der Waals surface area (Å²) in [6.45, 7) is 1.04. The number of hydrogen-bond donors (Lipinski definition) is 1. The Morgan fingerprint density at radius 2 is 2.22 bits per heavy atom. The normalized spacial score (nSPS) is 14.3. The van der Waals surface area contributed by atoms with E-state index in [0.29, 0.717) is 13.1 Å². The molecule has 1 N–H and O–H groups in total. The first-order chi connectivity index (χ1) is 8.74. The van der Waals surface area contributed by atoms with Crippen LogP contribution in [0.3, 0.4) is 0 Å². The summed E-state index contributed by atoms with van der Waals surface area (Å²) in [5.41, 5.74) is 3.32. The molecule has 18 heavy (non-hydrogen) atoms. The van der Waals surface area contributed by atoms with Gasteiger partial charge in [-0.1, -0.05) is 6.07 Å². The van der Waals surface area contributed by atoms with Gasteiger partial charge in [-0.25, -0.2) is 9.78 Å². The van der Waals surface area contributed by atoms with E-state index >= 15 is 0 Å². The molecule has 3 rings (SSSR count). The summed E-state index contributed by atoms with van der Waals surface area (Å²) in [5.74, 6) is 0. The van der Waals surface area contributed by atoms with Crippen LogP contribution in [0.1, 0.15) is 11.1 Å². The molecule has 0 atom stereocenters. The van der Waals surface area contributed by atoms with Crippen molar-refractivity contribution >= 4 is 6.09 Å². The number of carboxylic acid groups (broad SMARTS) is 1. The van der Waals surface area contributed by atoms with Crippen molar-refractivity contribution in [1.29, 1.82) is 0 Å². The second-order valence-corrected chi connectivity index (χ2v) is 4.38. The molecule has 1 aliphatic heterocycles. The van der Waals surface area contributed by atoms with Crippen LogP contribution in [0.2, 0.25) is 0 Å². The minimum atomic E-state index is -0.853. The second-order valence-electron chi connectivity index (χ2n) is 4.38. The Kier molecular flexibility index (Phi) is 2.51. The number of fused-ring (bicyclic) bond motifs is 1. The van der Waals surface area contributed by atoms with Crippen molar-refractivity contribution in [3.63, 3.8) is 0 Å². The summed E-state index contributed by atoms with van der Waals surface area (Å²) in [7, 11) is 0. The minimum Gasteiger partial charge on any atom is -0.465 e. The Bertz CT molecular complexity index is 578. The number of aromatic nitrogens is 2. The fourth-order valence-corrected chi connectivity index (χ4v) is 2.28. The lowest BCUT2D eigenvalue weighted by Crippen LogP contribution is -2.34. The summed E-state index contributed by atoms with van der Waals surface area (Å²) in [4.78, 5) is 16.4. The van der Waals surface area contributed by atoms with E-state index in [-0.39, 0.29) is 0 Å². The van der Waals surface area contributed by atoms with Crippen molar-refractivity contribution in [3.05, 3.63) is 48.0 Å². The first-order valence-electron chi connectivity index (χ1n) is 5.82. The maximum absolute atomic E-state index is 11.0. The van der Waals surface area contributed by atoms with Gasteiger partial charge in [-0.3, -0.25) is 0 Å². The van der Waals surface area contributed by atoms with Crippen LogP contribution in [0, 0.1) is 0 Å². The van der Waals surface area contributed by atoms with E-state index in [4.69, 9.17) is 5.11 Å². The standard InChI is InChI=1S/C13H13N3O2/c17-13(18)15-5-3-10-1-2-12(7-11(10)8-15)16-6-4-14-9-16/h1-2,4,6-7,9H,3,5,8H2,(H,17,18). The Hall–Kier alpha value is -2.30. The van der Waals surface area contributed by atoms with Gasteiger partial charge in [-0.15, -0.1) is 0 Å². The maximum Gasteiger partial charge on any atom is 0.407 e. The zero-order chi connectivity index (χ0) is 12.5. The molecule has 0 unspecified atom stereocenters. The number of nitrogens with zero attached hydrogens (tertiary/aromatic N) is 3. The van der Waals surface area contributed by atoms with Crippen molar-refractivity contribution in [2.24, 2.45) is 0 Å². The third-order valence-electron chi connectivity index (χ3n) is 3.28. The molecule has 0 spiro atoms. The molecular weight excluding hydrogens is 230 g/mol. The van der Waals surface area contributed by atoms with Crippen LogP contribution in [-0.4, -0.2) is 32.2 Å². The highest BCUT2D eigenvalue weighted by molar-refractivity contribution is 5.65. The van der Waals surface area contributed by atoms with Crippen LogP contribution < -0.4 is 0 Å². The largest absolute Gasteiger partial charge is 0.465 e. The molecule has 0 saturated heterocycles. The number of carbonyl (C=O) groups is 1. The molecule has 2 aromatic rings. The monoisotopic (exact) mass is 243 g/mol. The number of hydrogen-bond acceptors (Lipinski definition) is 2. The molecule has 5 nitrogen and oxygen atoms in total. The summed E-state index contributed by atoms with van der Waals surface area (Å²) < 4.78 is 1.92. The van der Waals surface area contributed by atoms with Crippen LogP contribution in [0.15, 0.2) is 36.9 Å². The van der Waals surface area contributed by atoms with Crippen molar-refractivity contribution < 1.29 is 9.90 Å². The highest BCUT2D eigenvalue weighted by Crippen LogP contribution is 2.22. The molecule has 2 heterocycles. The molecule has 1 aromatic heterocycles. The first kappa shape index (κ1) is 10.8. The lowest BCUT2D eigenvalue weighted by molar-refractivity contribution is 0.140. The van der Waals surface area contributed by atoms with E-state index in [0.717, 1.165) is 17.7 Å². The topological polar surface area (TPSA) is 58.4 Å². The average molecular weight is 243 g/mol. The van der Waals surface area contributed by atoms with Gasteiger partial charge in [0.15, 0.2) is 0 Å². The molecular formula is C13H13N3O2. The summed E-state index contributed by atoms with van der Waals surface area (Å²) >= 11 is 0. The van der Waals surface area contributed by atoms with Crippen LogP contribution in [0.4, 0.5) is 4.79 Å². The van der Waals surface area contributed by atoms with E-state index in [1.807, 2.05) is 22.9 Å². The molecule has 0 bridgehead atoms. The van der Waals surface area contributed by atoms with E-state index in [1.54, 1.807) is 12.5 Å². The van der Waals surface area contributed by atoms with Gasteiger partial charge in [0.25, 0.3) is 0 Å². The summed E-state index contributed by atoms with van der Waals surface area (Å²) in [6, 6.07) is 6.15. The lowest BCUT2D eigenvalue weighted by atomic mass is 9.99. The van der Waals surface area contributed by atoms with Crippen LogP contribution in [-0.2, 0) is 13.0 Å². The quantitative estimate of drug-likeness (QED) is 0.832. The minimum absolute atomic E-state index is 0.465. The zero-order valence-corrected chi connectivity index (χ0v) is 9.78. The highest BCUT2D eigenvalue weighted by Gasteiger charge is 2.20. The van der Waals surface area contributed by atoms with E-state index in [1.165, 1.54) is 10.5 Å². The van der Waals surface area contributed by atoms with Gasteiger partial charge in [0, 0.05) is 31.2 Å². The average Bonchev–Trinajstić information content (AvgIpc) is 2.91. The number of benzene rings is 1. The van der Waals surface area contributed by atoms with Gasteiger partial charge in [-0.2, -0.15) is 0 Å². The second kappa shape index (κ2) is 4.18. The van der Waals surface area contributed by atoms with E-state index in [2.05, 4.69) is 11.1 Å². The van der Waals surface area contributed by atoms with Crippen LogP contribution in [0.25, 0.3) is 5.69 Å². The van der Waals surface area contributed by atoms with Gasteiger partial charge in [-0.05, 0) is 29.7 Å². The SMILES string of the molecule is O=C(O)N1CCc2ccc(-n3ccnc3)cc2C1. The Morgan fingerprint density at radius 3 is 2.94 bits per heavy atom. The Labute approximate surface area is 104 Å². The first-order valence-corrected chi connectivity index (χ1v) is 5.82. The third kappa shape index (κ3) is 1.84. The number of imidazole rings is 1. The Balaban J connectivity index is 1.95. The van der Waals surface area contributed by atoms with E-state index in [9.17, 15) is 4.79 Å². The van der Waals surface area contributed by atoms with Gasteiger partial charge in [0.05, 0.1) is 6.33 Å². The van der Waals surface area contributed by atoms with Crippen molar-refractivity contribution in [3.8, 4) is 5.69 Å². The molecule has 1 amide bonds. The van der Waals surface area contributed by atoms with Crippen LogP contribution in [0.5, 0.6) is 0 Å². The molecule has 0 fully saturated rings. The van der Waals surface area contributed by atoms with Gasteiger partial charge in [0.2, 0.25) is 0 Å². The van der Waals surface area contributed by atoms with Crippen molar-refractivity contribution in [1.82, 2.24) is 14.5 Å². The molecule has 92 valence electrons. The van der Waals surface area contributed by atoms with Gasteiger partial charge >= 0.3 is 6.09 Å². The fraction of sp³-hybridized carbons (Fsp3) is 0.231. The highest BCUT2D eigenvalue weighted by atomic mass is 16.4. The van der Waals surface area contributed by atoms with Gasteiger partial charge < -0.3 is 14.6 Å². The number of rotatable bonds is 1. The smallest absolute Gasteiger partial charge is 0.407 e.